The summed E-state index contributed by atoms with van der Waals surface area (Å²) in [5.74, 6) is -0.433. The number of rotatable bonds is 7. The van der Waals surface area contributed by atoms with Crippen molar-refractivity contribution in [1.29, 1.82) is 0 Å². The molecule has 0 saturated carbocycles. The molecule has 2 aromatic carbocycles. The highest BCUT2D eigenvalue weighted by molar-refractivity contribution is 5.97. The highest BCUT2D eigenvalue weighted by atomic mass is 16.2. The summed E-state index contributed by atoms with van der Waals surface area (Å²) in [6, 6.07) is 14.6. The quantitative estimate of drug-likeness (QED) is 0.625. The summed E-state index contributed by atoms with van der Waals surface area (Å²) < 4.78 is 0. The molecule has 1 atom stereocenters. The lowest BCUT2D eigenvalue weighted by atomic mass is 9.86. The van der Waals surface area contributed by atoms with Gasteiger partial charge in [-0.25, -0.2) is 0 Å². The van der Waals surface area contributed by atoms with Gasteiger partial charge < -0.3 is 16.4 Å². The van der Waals surface area contributed by atoms with Crippen LogP contribution in [0, 0.1) is 5.92 Å². The second-order valence-electron chi connectivity index (χ2n) is 8.81. The Morgan fingerprint density at radius 1 is 0.966 bits per heavy atom. The second-order valence-corrected chi connectivity index (χ2v) is 8.81. The third-order valence-corrected chi connectivity index (χ3v) is 4.94. The van der Waals surface area contributed by atoms with Crippen LogP contribution in [0.3, 0.4) is 0 Å². The van der Waals surface area contributed by atoms with Gasteiger partial charge in [0.25, 0.3) is 5.91 Å². The molecule has 5 nitrogen and oxygen atoms in total. The van der Waals surface area contributed by atoms with Crippen molar-refractivity contribution >= 4 is 17.5 Å². The summed E-state index contributed by atoms with van der Waals surface area (Å²) in [7, 11) is 0. The van der Waals surface area contributed by atoms with E-state index in [0.717, 1.165) is 16.8 Å². The molecule has 29 heavy (non-hydrogen) atoms. The van der Waals surface area contributed by atoms with Gasteiger partial charge in [-0.15, -0.1) is 0 Å². The van der Waals surface area contributed by atoms with Crippen LogP contribution in [0.5, 0.6) is 0 Å². The molecule has 156 valence electrons. The Hall–Kier alpha value is -2.82. The summed E-state index contributed by atoms with van der Waals surface area (Å²) in [5, 5.41) is 5.81. The van der Waals surface area contributed by atoms with Crippen molar-refractivity contribution in [2.45, 2.75) is 52.5 Å². The van der Waals surface area contributed by atoms with Crippen molar-refractivity contribution in [3.05, 3.63) is 65.2 Å². The fourth-order valence-electron chi connectivity index (χ4n) is 3.01. The van der Waals surface area contributed by atoms with Gasteiger partial charge in [-0.2, -0.15) is 0 Å². The number of amides is 2. The third-order valence-electron chi connectivity index (χ3n) is 4.94. The smallest absolute Gasteiger partial charge is 0.251 e. The van der Waals surface area contributed by atoms with E-state index in [4.69, 9.17) is 5.73 Å². The van der Waals surface area contributed by atoms with E-state index >= 15 is 0 Å². The van der Waals surface area contributed by atoms with Crippen LogP contribution in [-0.2, 0) is 16.6 Å². The number of nitrogen functional groups attached to an aromatic ring is 1. The maximum Gasteiger partial charge on any atom is 0.251 e. The van der Waals surface area contributed by atoms with Crippen molar-refractivity contribution in [1.82, 2.24) is 10.6 Å². The molecule has 0 heterocycles. The first-order valence-corrected chi connectivity index (χ1v) is 10.1. The average molecular weight is 396 g/mol. The van der Waals surface area contributed by atoms with Gasteiger partial charge in [0, 0.05) is 17.8 Å². The Morgan fingerprint density at radius 3 is 2.07 bits per heavy atom. The average Bonchev–Trinajstić information content (AvgIpc) is 2.66. The molecule has 2 aromatic rings. The van der Waals surface area contributed by atoms with E-state index in [9.17, 15) is 9.59 Å². The van der Waals surface area contributed by atoms with Crippen molar-refractivity contribution < 1.29 is 9.59 Å². The maximum absolute atomic E-state index is 12.6. The largest absolute Gasteiger partial charge is 0.399 e. The first kappa shape index (κ1) is 22.5. The Bertz CT molecular complexity index is 819. The van der Waals surface area contributed by atoms with Gasteiger partial charge in [-0.3, -0.25) is 9.59 Å². The molecule has 0 fully saturated rings. The molecule has 0 spiro atoms. The molecule has 0 aliphatic carbocycles. The molecule has 0 aliphatic rings. The molecular weight excluding hydrogens is 362 g/mol. The van der Waals surface area contributed by atoms with E-state index in [2.05, 4.69) is 31.4 Å². The molecule has 0 aliphatic heterocycles. The molecule has 4 N–H and O–H groups in total. The molecule has 0 saturated heterocycles. The van der Waals surface area contributed by atoms with E-state index in [1.807, 2.05) is 62.4 Å². The molecular formula is C24H33N3O2. The second kappa shape index (κ2) is 9.59. The standard InChI is InChI=1S/C24H33N3O2/c1-16(2)21(23(29)26-15-14-17-6-12-20(25)13-7-17)27-22(28)18-8-10-19(11-9-18)24(3,4)5/h6-13,16,21H,14-15,25H2,1-5H3,(H,26,29)(H,27,28). The van der Waals surface area contributed by atoms with Crippen LogP contribution in [0.15, 0.2) is 48.5 Å². The van der Waals surface area contributed by atoms with Gasteiger partial charge in [0.15, 0.2) is 0 Å². The minimum absolute atomic E-state index is 0.0238. The molecule has 0 radical (unpaired) electrons. The zero-order valence-corrected chi connectivity index (χ0v) is 18.1. The zero-order valence-electron chi connectivity index (χ0n) is 18.1. The normalized spacial score (nSPS) is 12.5. The number of anilines is 1. The molecule has 5 heteroatoms. The first-order valence-electron chi connectivity index (χ1n) is 10.1. The van der Waals surface area contributed by atoms with Crippen LogP contribution in [0.1, 0.15) is 56.1 Å². The zero-order chi connectivity index (χ0) is 21.6. The van der Waals surface area contributed by atoms with Crippen LogP contribution >= 0.6 is 0 Å². The number of carbonyl (C=O) groups excluding carboxylic acids is 2. The van der Waals surface area contributed by atoms with Crippen molar-refractivity contribution in [2.24, 2.45) is 5.92 Å². The summed E-state index contributed by atoms with van der Waals surface area (Å²) in [5.41, 5.74) is 9.25. The number of nitrogens with two attached hydrogens (primary N) is 1. The van der Waals surface area contributed by atoms with E-state index in [1.165, 1.54) is 0 Å². The third kappa shape index (κ3) is 6.63. The Kier molecular flexibility index (Phi) is 7.43. The fourth-order valence-corrected chi connectivity index (χ4v) is 3.01. The molecule has 1 unspecified atom stereocenters. The van der Waals surface area contributed by atoms with Gasteiger partial charge in [0.1, 0.15) is 6.04 Å². The summed E-state index contributed by atoms with van der Waals surface area (Å²) >= 11 is 0. The monoisotopic (exact) mass is 395 g/mol. The molecule has 2 amide bonds. The minimum Gasteiger partial charge on any atom is -0.399 e. The fraction of sp³-hybridized carbons (Fsp3) is 0.417. The lowest BCUT2D eigenvalue weighted by molar-refractivity contribution is -0.123. The molecule has 2 rings (SSSR count). The van der Waals surface area contributed by atoms with E-state index in [1.54, 1.807) is 0 Å². The predicted molar refractivity (Wildman–Crippen MR) is 119 cm³/mol. The van der Waals surface area contributed by atoms with E-state index in [-0.39, 0.29) is 23.1 Å². The molecule has 0 aromatic heterocycles. The van der Waals surface area contributed by atoms with Gasteiger partial charge in [0.05, 0.1) is 0 Å². The van der Waals surface area contributed by atoms with Crippen LogP contribution < -0.4 is 16.4 Å². The Morgan fingerprint density at radius 2 is 1.55 bits per heavy atom. The summed E-state index contributed by atoms with van der Waals surface area (Å²) in [6.45, 7) is 10.7. The van der Waals surface area contributed by atoms with Crippen LogP contribution in [0.2, 0.25) is 0 Å². The Labute approximate surface area is 174 Å². The van der Waals surface area contributed by atoms with Crippen LogP contribution in [0.25, 0.3) is 0 Å². The lowest BCUT2D eigenvalue weighted by Gasteiger charge is -2.22. The van der Waals surface area contributed by atoms with Crippen LogP contribution in [-0.4, -0.2) is 24.4 Å². The first-order chi connectivity index (χ1) is 13.6. The predicted octanol–water partition coefficient (Wildman–Crippen LogP) is 3.68. The summed E-state index contributed by atoms with van der Waals surface area (Å²) in [4.78, 5) is 25.3. The van der Waals surface area contributed by atoms with Gasteiger partial charge in [-0.05, 0) is 53.1 Å². The number of hydrogen-bond acceptors (Lipinski definition) is 3. The van der Waals surface area contributed by atoms with E-state index < -0.39 is 6.04 Å². The Balaban J connectivity index is 1.94. The summed E-state index contributed by atoms with van der Waals surface area (Å²) in [6.07, 6.45) is 0.707. The number of hydrogen-bond donors (Lipinski definition) is 3. The van der Waals surface area contributed by atoms with Gasteiger partial charge in [0.2, 0.25) is 5.91 Å². The lowest BCUT2D eigenvalue weighted by Crippen LogP contribution is -2.50. The number of nitrogens with one attached hydrogen (secondary N) is 2. The highest BCUT2D eigenvalue weighted by Crippen LogP contribution is 2.22. The minimum atomic E-state index is -0.587. The SMILES string of the molecule is CC(C)C(NC(=O)c1ccc(C(C)(C)C)cc1)C(=O)NCCc1ccc(N)cc1. The molecule has 0 bridgehead atoms. The topological polar surface area (TPSA) is 84.2 Å². The van der Waals surface area contributed by atoms with E-state index in [0.29, 0.717) is 18.5 Å². The van der Waals surface area contributed by atoms with Crippen molar-refractivity contribution in [3.8, 4) is 0 Å². The maximum atomic E-state index is 12.6. The van der Waals surface area contributed by atoms with Gasteiger partial charge in [-0.1, -0.05) is 58.9 Å². The number of carbonyl (C=O) groups is 2. The van der Waals surface area contributed by atoms with Crippen LogP contribution in [0.4, 0.5) is 5.69 Å². The van der Waals surface area contributed by atoms with Gasteiger partial charge >= 0.3 is 0 Å². The van der Waals surface area contributed by atoms with Crippen molar-refractivity contribution in [3.63, 3.8) is 0 Å². The highest BCUT2D eigenvalue weighted by Gasteiger charge is 2.24. The number of benzene rings is 2. The van der Waals surface area contributed by atoms with Crippen molar-refractivity contribution in [2.75, 3.05) is 12.3 Å².